The summed E-state index contributed by atoms with van der Waals surface area (Å²) < 4.78 is 19.8. The molecule has 2 atom stereocenters. The lowest BCUT2D eigenvalue weighted by atomic mass is 9.95. The Hall–Kier alpha value is -2.51. The van der Waals surface area contributed by atoms with E-state index >= 15 is 0 Å². The Labute approximate surface area is 175 Å². The maximum absolute atomic E-state index is 13.3. The van der Waals surface area contributed by atoms with Crippen molar-refractivity contribution in [3.63, 3.8) is 0 Å². The molecule has 29 heavy (non-hydrogen) atoms. The number of benzene rings is 2. The normalized spacial score (nSPS) is 23.7. The van der Waals surface area contributed by atoms with Crippen molar-refractivity contribution in [1.82, 2.24) is 4.90 Å². The highest BCUT2D eigenvalue weighted by Gasteiger charge is 2.47. The van der Waals surface area contributed by atoms with E-state index < -0.39 is 23.5 Å². The fourth-order valence-corrected chi connectivity index (χ4v) is 4.28. The quantitative estimate of drug-likeness (QED) is 0.422. The summed E-state index contributed by atoms with van der Waals surface area (Å²) in [6.07, 6.45) is 1.58. The molecule has 2 saturated heterocycles. The number of hydrogen-bond acceptors (Lipinski definition) is 4. The van der Waals surface area contributed by atoms with Gasteiger partial charge in [-0.15, -0.1) is 0 Å². The number of ketones is 1. The molecule has 0 aromatic heterocycles. The lowest BCUT2D eigenvalue weighted by Crippen LogP contribution is -2.36. The third kappa shape index (κ3) is 3.84. The zero-order chi connectivity index (χ0) is 20.5. The molecular weight excluding hydrogens is 441 g/mol. The highest BCUT2D eigenvalue weighted by Crippen LogP contribution is 2.40. The van der Waals surface area contributed by atoms with Gasteiger partial charge in [0.15, 0.2) is 0 Å². The first-order valence-corrected chi connectivity index (χ1v) is 10.2. The Morgan fingerprint density at radius 3 is 2.62 bits per heavy atom. The molecule has 5 nitrogen and oxygen atoms in total. The predicted molar refractivity (Wildman–Crippen MR) is 109 cm³/mol. The standard InChI is InChI=1S/C22H19BrFNO4/c23-15-4-1-3-14(11-15)19-18(20(26)13-6-8-16(24)9-7-13)21(27)22(28)25(19)12-17-5-2-10-29-17/h1,3-4,6-9,11,17,19,26H,2,5,10,12H2/t17-,19-/m0/s1. The Bertz CT molecular complexity index is 983. The second-order valence-corrected chi connectivity index (χ2v) is 8.06. The van der Waals surface area contributed by atoms with Crippen LogP contribution in [-0.4, -0.2) is 41.0 Å². The SMILES string of the molecule is O=C1C(=O)N(C[C@@H]2CCCO2)[C@@H](c2cccc(Br)c2)C1=C(O)c1ccc(F)cc1. The summed E-state index contributed by atoms with van der Waals surface area (Å²) in [5.74, 6) is -2.20. The van der Waals surface area contributed by atoms with Crippen LogP contribution in [0.15, 0.2) is 58.6 Å². The van der Waals surface area contributed by atoms with E-state index in [2.05, 4.69) is 15.9 Å². The van der Waals surface area contributed by atoms with Gasteiger partial charge in [-0.1, -0.05) is 28.1 Å². The van der Waals surface area contributed by atoms with Crippen molar-refractivity contribution in [3.05, 3.63) is 75.5 Å². The number of Topliss-reactive ketones (excluding diaryl/α,β-unsaturated/α-hetero) is 1. The number of likely N-dealkylation sites (tertiary alicyclic amines) is 1. The fraction of sp³-hybridized carbons (Fsp3) is 0.273. The number of aliphatic hydroxyl groups is 1. The van der Waals surface area contributed by atoms with Gasteiger partial charge in [0.05, 0.1) is 17.7 Å². The van der Waals surface area contributed by atoms with E-state index in [0.717, 1.165) is 17.3 Å². The second kappa shape index (κ2) is 8.08. The van der Waals surface area contributed by atoms with Crippen LogP contribution < -0.4 is 0 Å². The minimum absolute atomic E-state index is 0.00212. The zero-order valence-electron chi connectivity index (χ0n) is 15.5. The van der Waals surface area contributed by atoms with Crippen LogP contribution in [0.5, 0.6) is 0 Å². The van der Waals surface area contributed by atoms with Gasteiger partial charge in [0.2, 0.25) is 0 Å². The van der Waals surface area contributed by atoms with Crippen LogP contribution in [0.4, 0.5) is 4.39 Å². The summed E-state index contributed by atoms with van der Waals surface area (Å²) in [7, 11) is 0. The summed E-state index contributed by atoms with van der Waals surface area (Å²) in [5, 5.41) is 10.9. The van der Waals surface area contributed by atoms with Crippen LogP contribution in [0.3, 0.4) is 0 Å². The molecule has 150 valence electrons. The number of aliphatic hydroxyl groups excluding tert-OH is 1. The van der Waals surface area contributed by atoms with Crippen LogP contribution in [0, 0.1) is 5.82 Å². The molecule has 0 unspecified atom stereocenters. The Balaban J connectivity index is 1.83. The van der Waals surface area contributed by atoms with Crippen molar-refractivity contribution in [2.75, 3.05) is 13.2 Å². The fourth-order valence-electron chi connectivity index (χ4n) is 3.86. The number of amides is 1. The van der Waals surface area contributed by atoms with Crippen LogP contribution in [0.2, 0.25) is 0 Å². The van der Waals surface area contributed by atoms with E-state index in [1.807, 2.05) is 24.3 Å². The predicted octanol–water partition coefficient (Wildman–Crippen LogP) is 4.19. The van der Waals surface area contributed by atoms with Gasteiger partial charge >= 0.3 is 0 Å². The van der Waals surface area contributed by atoms with E-state index in [1.165, 1.54) is 29.2 Å². The Morgan fingerprint density at radius 2 is 1.97 bits per heavy atom. The van der Waals surface area contributed by atoms with Crippen molar-refractivity contribution < 1.29 is 23.8 Å². The number of carbonyl (C=O) groups is 2. The first-order chi connectivity index (χ1) is 14.0. The second-order valence-electron chi connectivity index (χ2n) is 7.15. The number of halogens is 2. The van der Waals surface area contributed by atoms with Crippen LogP contribution in [0.25, 0.3) is 5.76 Å². The van der Waals surface area contributed by atoms with Crippen molar-refractivity contribution >= 4 is 33.4 Å². The van der Waals surface area contributed by atoms with Gasteiger partial charge in [0.1, 0.15) is 11.6 Å². The minimum Gasteiger partial charge on any atom is -0.507 e. The molecule has 2 aromatic rings. The molecule has 2 aliphatic rings. The summed E-state index contributed by atoms with van der Waals surface area (Å²) in [6.45, 7) is 0.897. The van der Waals surface area contributed by atoms with Gasteiger partial charge in [-0.3, -0.25) is 9.59 Å². The number of ether oxygens (including phenoxy) is 1. The molecule has 2 heterocycles. The molecule has 0 radical (unpaired) electrons. The van der Waals surface area contributed by atoms with Gasteiger partial charge in [0.25, 0.3) is 11.7 Å². The minimum atomic E-state index is -0.755. The molecule has 1 amide bonds. The molecular formula is C22H19BrFNO4. The van der Waals surface area contributed by atoms with Crippen molar-refractivity contribution in [3.8, 4) is 0 Å². The van der Waals surface area contributed by atoms with Gasteiger partial charge in [0, 0.05) is 23.2 Å². The maximum Gasteiger partial charge on any atom is 0.295 e. The smallest absolute Gasteiger partial charge is 0.295 e. The summed E-state index contributed by atoms with van der Waals surface area (Å²) >= 11 is 3.42. The first kappa shape index (κ1) is 19.8. The van der Waals surface area contributed by atoms with Crippen molar-refractivity contribution in [1.29, 1.82) is 0 Å². The highest BCUT2D eigenvalue weighted by atomic mass is 79.9. The summed E-state index contributed by atoms with van der Waals surface area (Å²) in [6, 6.07) is 11.7. The summed E-state index contributed by atoms with van der Waals surface area (Å²) in [4.78, 5) is 27.2. The molecule has 1 N–H and O–H groups in total. The van der Waals surface area contributed by atoms with Gasteiger partial charge in [-0.25, -0.2) is 4.39 Å². The molecule has 0 bridgehead atoms. The van der Waals surface area contributed by atoms with Crippen LogP contribution in [-0.2, 0) is 14.3 Å². The molecule has 7 heteroatoms. The third-order valence-corrected chi connectivity index (χ3v) is 5.74. The van der Waals surface area contributed by atoms with Gasteiger partial charge < -0.3 is 14.7 Å². The van der Waals surface area contributed by atoms with E-state index in [9.17, 15) is 19.1 Å². The number of carbonyl (C=O) groups excluding carboxylic acids is 2. The molecule has 2 fully saturated rings. The Kier molecular flexibility index (Phi) is 5.52. The van der Waals surface area contributed by atoms with Gasteiger partial charge in [-0.05, 0) is 54.8 Å². The molecule has 0 aliphatic carbocycles. The van der Waals surface area contributed by atoms with Crippen LogP contribution in [0.1, 0.15) is 30.0 Å². The average Bonchev–Trinajstić information content (AvgIpc) is 3.30. The monoisotopic (exact) mass is 459 g/mol. The van der Waals surface area contributed by atoms with E-state index in [0.29, 0.717) is 12.2 Å². The number of nitrogens with zero attached hydrogens (tertiary/aromatic N) is 1. The molecule has 2 aromatic carbocycles. The zero-order valence-corrected chi connectivity index (χ0v) is 17.1. The third-order valence-electron chi connectivity index (χ3n) is 5.25. The average molecular weight is 460 g/mol. The van der Waals surface area contributed by atoms with Crippen molar-refractivity contribution in [2.24, 2.45) is 0 Å². The van der Waals surface area contributed by atoms with E-state index in [-0.39, 0.29) is 29.5 Å². The van der Waals surface area contributed by atoms with E-state index in [1.54, 1.807) is 0 Å². The topological polar surface area (TPSA) is 66.8 Å². The molecule has 4 rings (SSSR count). The molecule has 0 saturated carbocycles. The number of rotatable bonds is 4. The maximum atomic E-state index is 13.3. The largest absolute Gasteiger partial charge is 0.507 e. The van der Waals surface area contributed by atoms with Crippen LogP contribution >= 0.6 is 15.9 Å². The summed E-state index contributed by atoms with van der Waals surface area (Å²) in [5.41, 5.74) is 0.972. The lowest BCUT2D eigenvalue weighted by molar-refractivity contribution is -0.140. The first-order valence-electron chi connectivity index (χ1n) is 9.37. The molecule has 2 aliphatic heterocycles. The van der Waals surface area contributed by atoms with Crippen molar-refractivity contribution in [2.45, 2.75) is 25.0 Å². The highest BCUT2D eigenvalue weighted by molar-refractivity contribution is 9.10. The molecule has 0 spiro atoms. The van der Waals surface area contributed by atoms with E-state index in [4.69, 9.17) is 4.74 Å². The van der Waals surface area contributed by atoms with Gasteiger partial charge in [-0.2, -0.15) is 0 Å². The number of hydrogen-bond donors (Lipinski definition) is 1. The Morgan fingerprint density at radius 1 is 1.21 bits per heavy atom. The lowest BCUT2D eigenvalue weighted by Gasteiger charge is -2.27.